The maximum absolute atomic E-state index is 12.3. The van der Waals surface area contributed by atoms with Gasteiger partial charge in [0, 0.05) is 17.8 Å². The number of hydrogen-bond donors (Lipinski definition) is 4. The third-order valence-corrected chi connectivity index (χ3v) is 4.28. The van der Waals surface area contributed by atoms with Gasteiger partial charge in [-0.05, 0) is 19.9 Å². The average Bonchev–Trinajstić information content (AvgIpc) is 3.08. The number of H-pyrrole nitrogens is 2. The van der Waals surface area contributed by atoms with Gasteiger partial charge in [0.1, 0.15) is 12.2 Å². The summed E-state index contributed by atoms with van der Waals surface area (Å²) in [7, 11) is -3.70. The molecule has 116 valence electrons. The molecule has 2 aromatic heterocycles. The van der Waals surface area contributed by atoms with Crippen molar-refractivity contribution in [1.29, 1.82) is 0 Å². The Labute approximate surface area is 123 Å². The SMILES string of the molecule is CCCNCc1c(S(=O)(=O)NCc2ncn[nH]2)n[nH]c1C. The van der Waals surface area contributed by atoms with E-state index in [0.717, 1.165) is 18.7 Å². The summed E-state index contributed by atoms with van der Waals surface area (Å²) in [6.07, 6.45) is 2.30. The van der Waals surface area contributed by atoms with Crippen molar-refractivity contribution in [3.63, 3.8) is 0 Å². The first-order valence-corrected chi connectivity index (χ1v) is 8.11. The molecule has 0 bridgehead atoms. The number of aromatic nitrogens is 5. The van der Waals surface area contributed by atoms with Crippen LogP contribution in [-0.4, -0.2) is 40.3 Å². The van der Waals surface area contributed by atoms with E-state index in [1.54, 1.807) is 6.92 Å². The van der Waals surface area contributed by atoms with Crippen molar-refractivity contribution in [3.05, 3.63) is 23.4 Å². The summed E-state index contributed by atoms with van der Waals surface area (Å²) in [6, 6.07) is 0. The molecule has 9 nitrogen and oxygen atoms in total. The van der Waals surface area contributed by atoms with Gasteiger partial charge in [0.15, 0.2) is 5.03 Å². The van der Waals surface area contributed by atoms with Crippen molar-refractivity contribution >= 4 is 10.0 Å². The highest BCUT2D eigenvalue weighted by Gasteiger charge is 2.23. The molecule has 0 saturated heterocycles. The lowest BCUT2D eigenvalue weighted by Crippen LogP contribution is -2.26. The first kappa shape index (κ1) is 15.6. The second-order valence-corrected chi connectivity index (χ2v) is 6.25. The van der Waals surface area contributed by atoms with Crippen LogP contribution in [0.1, 0.15) is 30.4 Å². The topological polar surface area (TPSA) is 128 Å². The van der Waals surface area contributed by atoms with E-state index in [0.29, 0.717) is 17.9 Å². The highest BCUT2D eigenvalue weighted by Crippen LogP contribution is 2.16. The Kier molecular flexibility index (Phi) is 5.04. The summed E-state index contributed by atoms with van der Waals surface area (Å²) in [5.74, 6) is 0.441. The van der Waals surface area contributed by atoms with E-state index in [1.807, 2.05) is 6.92 Å². The predicted octanol–water partition coefficient (Wildman–Crippen LogP) is -0.186. The quantitative estimate of drug-likeness (QED) is 0.500. The molecule has 2 rings (SSSR count). The van der Waals surface area contributed by atoms with E-state index in [4.69, 9.17) is 0 Å². The zero-order valence-corrected chi connectivity index (χ0v) is 12.8. The lowest BCUT2D eigenvalue weighted by molar-refractivity contribution is 0.571. The molecule has 21 heavy (non-hydrogen) atoms. The molecule has 0 fully saturated rings. The Balaban J connectivity index is 2.11. The molecule has 0 aliphatic rings. The number of sulfonamides is 1. The van der Waals surface area contributed by atoms with Crippen molar-refractivity contribution in [2.24, 2.45) is 0 Å². The van der Waals surface area contributed by atoms with Gasteiger partial charge in [0.2, 0.25) is 0 Å². The van der Waals surface area contributed by atoms with Crippen LogP contribution in [0.2, 0.25) is 0 Å². The van der Waals surface area contributed by atoms with Gasteiger partial charge in [-0.25, -0.2) is 18.1 Å². The average molecular weight is 313 g/mol. The fourth-order valence-electron chi connectivity index (χ4n) is 1.80. The summed E-state index contributed by atoms with van der Waals surface area (Å²) < 4.78 is 27.1. The summed E-state index contributed by atoms with van der Waals surface area (Å²) in [5, 5.41) is 16.1. The van der Waals surface area contributed by atoms with Crippen LogP contribution in [0.5, 0.6) is 0 Å². The van der Waals surface area contributed by atoms with E-state index >= 15 is 0 Å². The molecule has 10 heteroatoms. The molecule has 0 radical (unpaired) electrons. The van der Waals surface area contributed by atoms with E-state index in [1.165, 1.54) is 6.33 Å². The third-order valence-electron chi connectivity index (χ3n) is 2.91. The van der Waals surface area contributed by atoms with Crippen LogP contribution in [0.3, 0.4) is 0 Å². The molecule has 2 heterocycles. The van der Waals surface area contributed by atoms with Crippen molar-refractivity contribution in [3.8, 4) is 0 Å². The number of aryl methyl sites for hydroxylation is 1. The Morgan fingerprint density at radius 2 is 2.10 bits per heavy atom. The number of nitrogens with one attached hydrogen (secondary N) is 4. The van der Waals surface area contributed by atoms with Crippen LogP contribution < -0.4 is 10.0 Å². The van der Waals surface area contributed by atoms with Gasteiger partial charge in [-0.3, -0.25) is 10.2 Å². The van der Waals surface area contributed by atoms with Crippen molar-refractivity contribution in [2.45, 2.75) is 38.4 Å². The van der Waals surface area contributed by atoms with Crippen molar-refractivity contribution in [1.82, 2.24) is 35.4 Å². The van der Waals surface area contributed by atoms with Gasteiger partial charge in [-0.1, -0.05) is 6.92 Å². The number of aromatic amines is 2. The number of rotatable bonds is 8. The lowest BCUT2D eigenvalue weighted by atomic mass is 10.2. The lowest BCUT2D eigenvalue weighted by Gasteiger charge is -2.07. The van der Waals surface area contributed by atoms with E-state index in [-0.39, 0.29) is 11.6 Å². The molecular formula is C11H19N7O2S. The summed E-state index contributed by atoms with van der Waals surface area (Å²) in [6.45, 7) is 5.15. The minimum Gasteiger partial charge on any atom is -0.313 e. The Morgan fingerprint density at radius 1 is 1.29 bits per heavy atom. The molecule has 0 saturated carbocycles. The van der Waals surface area contributed by atoms with Crippen LogP contribution in [0.4, 0.5) is 0 Å². The van der Waals surface area contributed by atoms with Crippen LogP contribution in [0.25, 0.3) is 0 Å². The van der Waals surface area contributed by atoms with Gasteiger partial charge >= 0.3 is 0 Å². The van der Waals surface area contributed by atoms with Gasteiger partial charge < -0.3 is 5.32 Å². The van der Waals surface area contributed by atoms with Crippen LogP contribution in [0, 0.1) is 6.92 Å². The minimum absolute atomic E-state index is 0.0168. The molecule has 0 spiro atoms. The first-order chi connectivity index (χ1) is 10.0. The summed E-state index contributed by atoms with van der Waals surface area (Å²) in [5.41, 5.74) is 1.38. The fourth-order valence-corrected chi connectivity index (χ4v) is 2.98. The Morgan fingerprint density at radius 3 is 2.76 bits per heavy atom. The first-order valence-electron chi connectivity index (χ1n) is 6.63. The van der Waals surface area contributed by atoms with Crippen LogP contribution in [0.15, 0.2) is 11.4 Å². The molecule has 4 N–H and O–H groups in total. The Hall–Kier alpha value is -1.78. The van der Waals surface area contributed by atoms with Crippen LogP contribution >= 0.6 is 0 Å². The predicted molar refractivity (Wildman–Crippen MR) is 75.7 cm³/mol. The smallest absolute Gasteiger partial charge is 0.260 e. The van der Waals surface area contributed by atoms with Gasteiger partial charge in [0.25, 0.3) is 10.0 Å². The fraction of sp³-hybridized carbons (Fsp3) is 0.545. The molecule has 0 aliphatic carbocycles. The van der Waals surface area contributed by atoms with E-state index in [2.05, 4.69) is 35.4 Å². The normalized spacial score (nSPS) is 11.9. The second kappa shape index (κ2) is 6.78. The van der Waals surface area contributed by atoms with Crippen LogP contribution in [-0.2, 0) is 23.1 Å². The zero-order valence-electron chi connectivity index (χ0n) is 12.0. The molecule has 0 aromatic carbocycles. The molecule has 0 amide bonds. The van der Waals surface area contributed by atoms with Crippen molar-refractivity contribution in [2.75, 3.05) is 6.54 Å². The van der Waals surface area contributed by atoms with Gasteiger partial charge in [0.05, 0.1) is 6.54 Å². The largest absolute Gasteiger partial charge is 0.313 e. The Bertz CT molecular complexity index is 663. The molecule has 0 aliphatic heterocycles. The molecule has 0 unspecified atom stereocenters. The summed E-state index contributed by atoms with van der Waals surface area (Å²) in [4.78, 5) is 3.87. The van der Waals surface area contributed by atoms with E-state index in [9.17, 15) is 8.42 Å². The minimum atomic E-state index is -3.70. The van der Waals surface area contributed by atoms with Gasteiger partial charge in [-0.2, -0.15) is 10.2 Å². The second-order valence-electron chi connectivity index (χ2n) is 4.57. The standard InChI is InChI=1S/C11H19N7O2S/c1-3-4-12-5-9-8(2)16-18-11(9)21(19,20)15-6-10-13-7-14-17-10/h7,12,15H,3-6H2,1-2H3,(H,16,18)(H,13,14,17). The van der Waals surface area contributed by atoms with Gasteiger partial charge in [-0.15, -0.1) is 0 Å². The zero-order chi connectivity index (χ0) is 15.3. The number of hydrogen-bond acceptors (Lipinski definition) is 6. The third kappa shape index (κ3) is 3.86. The molecule has 2 aromatic rings. The maximum Gasteiger partial charge on any atom is 0.260 e. The maximum atomic E-state index is 12.3. The molecule has 0 atom stereocenters. The highest BCUT2D eigenvalue weighted by molar-refractivity contribution is 7.89. The van der Waals surface area contributed by atoms with E-state index < -0.39 is 10.0 Å². The monoisotopic (exact) mass is 313 g/mol. The highest BCUT2D eigenvalue weighted by atomic mass is 32.2. The summed E-state index contributed by atoms with van der Waals surface area (Å²) >= 11 is 0. The number of nitrogens with zero attached hydrogens (tertiary/aromatic N) is 3. The molecular weight excluding hydrogens is 294 g/mol. The van der Waals surface area contributed by atoms with Crippen molar-refractivity contribution < 1.29 is 8.42 Å².